The lowest BCUT2D eigenvalue weighted by Gasteiger charge is -2.42. The lowest BCUT2D eigenvalue weighted by atomic mass is 9.87. The summed E-state index contributed by atoms with van der Waals surface area (Å²) in [6, 6.07) is 12.7. The van der Waals surface area contributed by atoms with Crippen molar-refractivity contribution in [2.75, 3.05) is 86.1 Å². The number of benzene rings is 2. The molecule has 3 aliphatic heterocycles. The van der Waals surface area contributed by atoms with Gasteiger partial charge < -0.3 is 25.2 Å². The number of nitrogens with zero attached hydrogens (tertiary/aromatic N) is 6. The van der Waals surface area contributed by atoms with E-state index in [2.05, 4.69) is 63.3 Å². The first-order valence-electron chi connectivity index (χ1n) is 15.8. The van der Waals surface area contributed by atoms with Crippen molar-refractivity contribution in [2.24, 2.45) is 0 Å². The van der Waals surface area contributed by atoms with E-state index in [1.165, 1.54) is 36.5 Å². The zero-order valence-corrected chi connectivity index (χ0v) is 28.1. The van der Waals surface area contributed by atoms with Crippen molar-refractivity contribution in [3.63, 3.8) is 0 Å². The Kier molecular flexibility index (Phi) is 8.57. The summed E-state index contributed by atoms with van der Waals surface area (Å²) in [6.07, 6.45) is 5.35. The zero-order chi connectivity index (χ0) is 31.9. The highest BCUT2D eigenvalue weighted by molar-refractivity contribution is 7.92. The number of rotatable bonds is 8. The molecule has 0 amide bonds. The van der Waals surface area contributed by atoms with Crippen molar-refractivity contribution >= 4 is 44.5 Å². The number of anilines is 6. The molecule has 45 heavy (non-hydrogen) atoms. The quantitative estimate of drug-likeness (QED) is 0.367. The van der Waals surface area contributed by atoms with E-state index in [1.54, 1.807) is 13.3 Å². The Morgan fingerprint density at radius 2 is 1.71 bits per heavy atom. The van der Waals surface area contributed by atoms with Crippen LogP contribution in [-0.4, -0.2) is 100 Å². The molecule has 0 spiro atoms. The van der Waals surface area contributed by atoms with Crippen LogP contribution in [0.1, 0.15) is 37.8 Å². The second kappa shape index (κ2) is 12.3. The van der Waals surface area contributed by atoms with Gasteiger partial charge in [-0.1, -0.05) is 26.0 Å². The molecule has 0 radical (unpaired) electrons. The summed E-state index contributed by atoms with van der Waals surface area (Å²) in [5.74, 6) is 1.73. The molecule has 4 heterocycles. The highest BCUT2D eigenvalue weighted by Gasteiger charge is 2.40. The Balaban J connectivity index is 1.17. The van der Waals surface area contributed by atoms with Crippen molar-refractivity contribution < 1.29 is 13.2 Å². The molecule has 0 atom stereocenters. The van der Waals surface area contributed by atoms with Gasteiger partial charge in [-0.15, -0.1) is 0 Å². The van der Waals surface area contributed by atoms with E-state index in [0.717, 1.165) is 54.4 Å². The summed E-state index contributed by atoms with van der Waals surface area (Å²) in [6.45, 7) is 13.1. The van der Waals surface area contributed by atoms with Gasteiger partial charge in [-0.25, -0.2) is 13.4 Å². The maximum Gasteiger partial charge on any atom is 0.232 e. The zero-order valence-electron chi connectivity index (χ0n) is 27.3. The van der Waals surface area contributed by atoms with Gasteiger partial charge in [0.1, 0.15) is 11.6 Å². The minimum absolute atomic E-state index is 0.313. The number of para-hydroxylation sites is 1. The Morgan fingerprint density at radius 1 is 0.978 bits per heavy atom. The fourth-order valence-corrected chi connectivity index (χ4v) is 7.88. The second-order valence-corrected chi connectivity index (χ2v) is 15.2. The standard InChI is InChI=1S/C33H46N8O3S/c1-23-21-34-32(37-31(23)35-28-9-7-8-26-30(28)41(45(6,42)43)22-33(26,2)3)36-27-11-10-25(20-29(27)44-5)39-14-12-24(13-15-39)40-18-16-38(4)17-19-40/h7-11,20-21,24H,12-19,22H2,1-6H3,(H2,34,35,36,37). The molecule has 3 aliphatic rings. The SMILES string of the molecule is COc1cc(N2CCC(N3CCN(C)CC3)CC2)ccc1Nc1ncc(C)c(Nc2cccc3c2N(S(C)(=O)=O)CC3(C)C)n1. The summed E-state index contributed by atoms with van der Waals surface area (Å²) in [5, 5.41) is 6.74. The maximum atomic E-state index is 12.7. The van der Waals surface area contributed by atoms with Gasteiger partial charge in [-0.2, -0.15) is 4.98 Å². The molecule has 0 bridgehead atoms. The Morgan fingerprint density at radius 3 is 2.40 bits per heavy atom. The average molecular weight is 635 g/mol. The number of hydrogen-bond acceptors (Lipinski definition) is 10. The average Bonchev–Trinajstić information content (AvgIpc) is 3.31. The van der Waals surface area contributed by atoms with E-state index in [-0.39, 0.29) is 5.41 Å². The largest absolute Gasteiger partial charge is 0.494 e. The Labute approximate surface area is 267 Å². The number of sulfonamides is 1. The summed E-state index contributed by atoms with van der Waals surface area (Å²) in [5.41, 5.74) is 4.79. The fraction of sp³-hybridized carbons (Fsp3) is 0.515. The summed E-state index contributed by atoms with van der Waals surface area (Å²) in [7, 11) is 0.423. The van der Waals surface area contributed by atoms with Crippen molar-refractivity contribution in [3.8, 4) is 5.75 Å². The third-order valence-electron chi connectivity index (χ3n) is 9.49. The van der Waals surface area contributed by atoms with Crippen molar-refractivity contribution in [1.82, 2.24) is 19.8 Å². The normalized spacial score (nSPS) is 19.4. The molecule has 1 aromatic heterocycles. The number of aryl methyl sites for hydroxylation is 1. The number of nitrogens with one attached hydrogen (secondary N) is 2. The molecule has 0 aliphatic carbocycles. The summed E-state index contributed by atoms with van der Waals surface area (Å²) < 4.78 is 32.8. The first kappa shape index (κ1) is 31.4. The first-order valence-corrected chi connectivity index (χ1v) is 17.6. The molecular weight excluding hydrogens is 588 g/mol. The van der Waals surface area contributed by atoms with Gasteiger partial charge in [0, 0.05) is 80.8 Å². The topological polar surface area (TPSA) is 106 Å². The van der Waals surface area contributed by atoms with Gasteiger partial charge in [0.25, 0.3) is 0 Å². The predicted octanol–water partition coefficient (Wildman–Crippen LogP) is 4.55. The molecule has 11 nitrogen and oxygen atoms in total. The monoisotopic (exact) mass is 634 g/mol. The number of fused-ring (bicyclic) bond motifs is 1. The van der Waals surface area contributed by atoms with Crippen LogP contribution in [-0.2, 0) is 15.4 Å². The maximum absolute atomic E-state index is 12.7. The second-order valence-electron chi connectivity index (χ2n) is 13.3. The van der Waals surface area contributed by atoms with E-state index < -0.39 is 10.0 Å². The van der Waals surface area contributed by atoms with Gasteiger partial charge in [0.2, 0.25) is 16.0 Å². The number of piperazine rings is 1. The Hall–Kier alpha value is -3.61. The molecule has 6 rings (SSSR count). The van der Waals surface area contributed by atoms with E-state index >= 15 is 0 Å². The highest BCUT2D eigenvalue weighted by Crippen LogP contribution is 2.46. The molecule has 0 unspecified atom stereocenters. The minimum atomic E-state index is -3.46. The molecule has 2 aromatic carbocycles. The van der Waals surface area contributed by atoms with Crippen molar-refractivity contribution in [1.29, 1.82) is 0 Å². The van der Waals surface area contributed by atoms with E-state index in [9.17, 15) is 8.42 Å². The molecule has 0 saturated carbocycles. The molecule has 2 saturated heterocycles. The van der Waals surface area contributed by atoms with E-state index in [4.69, 9.17) is 9.72 Å². The fourth-order valence-electron chi connectivity index (χ4n) is 6.80. The molecule has 2 fully saturated rings. The molecule has 3 aromatic rings. The number of hydrogen-bond donors (Lipinski definition) is 2. The summed E-state index contributed by atoms with van der Waals surface area (Å²) >= 11 is 0. The van der Waals surface area contributed by atoms with Gasteiger partial charge in [-0.3, -0.25) is 9.21 Å². The van der Waals surface area contributed by atoms with Crippen LogP contribution in [0, 0.1) is 6.92 Å². The third-order valence-corrected chi connectivity index (χ3v) is 10.6. The lowest BCUT2D eigenvalue weighted by molar-refractivity contribution is 0.0982. The van der Waals surface area contributed by atoms with E-state index in [1.807, 2.05) is 31.2 Å². The first-order chi connectivity index (χ1) is 21.4. The van der Waals surface area contributed by atoms with Gasteiger partial charge in [-0.05, 0) is 50.6 Å². The van der Waals surface area contributed by atoms with Crippen LogP contribution in [0.5, 0.6) is 5.75 Å². The van der Waals surface area contributed by atoms with Crippen LogP contribution in [0.2, 0.25) is 0 Å². The number of methoxy groups -OCH3 is 1. The van der Waals surface area contributed by atoms with Crippen LogP contribution < -0.4 is 24.6 Å². The highest BCUT2D eigenvalue weighted by atomic mass is 32.2. The number of likely N-dealkylation sites (N-methyl/N-ethyl adjacent to an activating group) is 1. The van der Waals surface area contributed by atoms with E-state index in [0.29, 0.717) is 35.7 Å². The van der Waals surface area contributed by atoms with Crippen LogP contribution in [0.15, 0.2) is 42.6 Å². The molecular formula is C33H46N8O3S. The van der Waals surface area contributed by atoms with Crippen molar-refractivity contribution in [2.45, 2.75) is 45.1 Å². The molecule has 12 heteroatoms. The number of piperidine rings is 1. The predicted molar refractivity (Wildman–Crippen MR) is 182 cm³/mol. The Bertz CT molecular complexity index is 1650. The van der Waals surface area contributed by atoms with Crippen LogP contribution in [0.25, 0.3) is 0 Å². The minimum Gasteiger partial charge on any atom is -0.494 e. The van der Waals surface area contributed by atoms with Crippen LogP contribution in [0.3, 0.4) is 0 Å². The van der Waals surface area contributed by atoms with Gasteiger partial charge in [0.15, 0.2) is 0 Å². The lowest BCUT2D eigenvalue weighted by Crippen LogP contribution is -2.52. The number of aromatic nitrogens is 2. The third kappa shape index (κ3) is 6.54. The van der Waals surface area contributed by atoms with Gasteiger partial charge >= 0.3 is 0 Å². The summed E-state index contributed by atoms with van der Waals surface area (Å²) in [4.78, 5) is 16.8. The van der Waals surface area contributed by atoms with Crippen LogP contribution >= 0.6 is 0 Å². The van der Waals surface area contributed by atoms with Crippen LogP contribution in [0.4, 0.5) is 34.5 Å². The molecule has 242 valence electrons. The number of ether oxygens (including phenoxy) is 1. The smallest absolute Gasteiger partial charge is 0.232 e. The van der Waals surface area contributed by atoms with Crippen molar-refractivity contribution in [3.05, 3.63) is 53.7 Å². The van der Waals surface area contributed by atoms with Gasteiger partial charge in [0.05, 0.1) is 30.4 Å². The molecule has 2 N–H and O–H groups in total.